The van der Waals surface area contributed by atoms with Crippen LogP contribution in [0.25, 0.3) is 0 Å². The SMILES string of the molecule is Cc1ccc(CC2CC[N+](O)(CCOc3ccc(O)cc3)CC2)cc1.Cl. The first-order chi connectivity index (χ1) is 12.0. The van der Waals surface area contributed by atoms with Crippen molar-refractivity contribution in [2.24, 2.45) is 5.92 Å². The fourth-order valence-electron chi connectivity index (χ4n) is 3.46. The molecule has 1 heterocycles. The van der Waals surface area contributed by atoms with Gasteiger partial charge in [0.2, 0.25) is 0 Å². The van der Waals surface area contributed by atoms with Crippen molar-refractivity contribution in [3.05, 3.63) is 59.7 Å². The molecule has 1 saturated heterocycles. The molecule has 4 nitrogen and oxygen atoms in total. The van der Waals surface area contributed by atoms with Crippen molar-refractivity contribution in [1.29, 1.82) is 0 Å². The van der Waals surface area contributed by atoms with Crippen LogP contribution in [0.2, 0.25) is 0 Å². The molecule has 26 heavy (non-hydrogen) atoms. The van der Waals surface area contributed by atoms with Gasteiger partial charge in [-0.25, -0.2) is 5.21 Å². The highest BCUT2D eigenvalue weighted by Crippen LogP contribution is 2.25. The first-order valence-electron chi connectivity index (χ1n) is 9.09. The van der Waals surface area contributed by atoms with Crippen LogP contribution < -0.4 is 4.74 Å². The van der Waals surface area contributed by atoms with Crippen LogP contribution in [0, 0.1) is 12.8 Å². The number of halogens is 1. The Morgan fingerprint density at radius 3 is 2.23 bits per heavy atom. The average Bonchev–Trinajstić information content (AvgIpc) is 2.61. The monoisotopic (exact) mass is 378 g/mol. The topological polar surface area (TPSA) is 49.7 Å². The lowest BCUT2D eigenvalue weighted by Gasteiger charge is -2.36. The maximum atomic E-state index is 10.7. The molecule has 142 valence electrons. The van der Waals surface area contributed by atoms with Crippen molar-refractivity contribution in [3.8, 4) is 11.5 Å². The maximum Gasteiger partial charge on any atom is 0.143 e. The first-order valence-corrected chi connectivity index (χ1v) is 9.09. The van der Waals surface area contributed by atoms with Crippen LogP contribution in [0.4, 0.5) is 0 Å². The van der Waals surface area contributed by atoms with E-state index in [1.165, 1.54) is 11.1 Å². The molecule has 1 fully saturated rings. The minimum Gasteiger partial charge on any atom is -0.508 e. The van der Waals surface area contributed by atoms with Gasteiger partial charge in [-0.15, -0.1) is 12.4 Å². The van der Waals surface area contributed by atoms with E-state index in [1.54, 1.807) is 24.3 Å². The highest BCUT2D eigenvalue weighted by Gasteiger charge is 2.32. The number of hydrogen-bond donors (Lipinski definition) is 2. The lowest BCUT2D eigenvalue weighted by atomic mass is 9.89. The predicted molar refractivity (Wildman–Crippen MR) is 105 cm³/mol. The van der Waals surface area contributed by atoms with E-state index < -0.39 is 0 Å². The third-order valence-corrected chi connectivity index (χ3v) is 5.17. The number of hydrogen-bond acceptors (Lipinski definition) is 3. The maximum absolute atomic E-state index is 10.7. The molecule has 0 radical (unpaired) electrons. The van der Waals surface area contributed by atoms with Crippen molar-refractivity contribution < 1.29 is 19.7 Å². The Balaban J connectivity index is 0.00000243. The number of phenolic OH excluding ortho intramolecular Hbond substituents is 1. The van der Waals surface area contributed by atoms with E-state index in [2.05, 4.69) is 31.2 Å². The minimum atomic E-state index is 0. The van der Waals surface area contributed by atoms with E-state index in [0.29, 0.717) is 19.1 Å². The normalized spacial score (nSPS) is 22.5. The van der Waals surface area contributed by atoms with E-state index in [0.717, 1.165) is 38.1 Å². The quantitative estimate of drug-likeness (QED) is 0.734. The second kappa shape index (κ2) is 9.26. The molecule has 0 spiro atoms. The van der Waals surface area contributed by atoms with Crippen molar-refractivity contribution in [2.45, 2.75) is 26.2 Å². The Labute approximate surface area is 162 Å². The summed E-state index contributed by atoms with van der Waals surface area (Å²) >= 11 is 0. The molecule has 0 amide bonds. The van der Waals surface area contributed by atoms with Crippen molar-refractivity contribution in [1.82, 2.24) is 0 Å². The lowest BCUT2D eigenvalue weighted by molar-refractivity contribution is -1.11. The summed E-state index contributed by atoms with van der Waals surface area (Å²) in [7, 11) is 0. The number of quaternary nitrogens is 1. The molecule has 0 unspecified atom stereocenters. The molecule has 0 aromatic heterocycles. The molecule has 0 atom stereocenters. The largest absolute Gasteiger partial charge is 0.508 e. The summed E-state index contributed by atoms with van der Waals surface area (Å²) in [5, 5.41) is 20.0. The zero-order chi connectivity index (χ0) is 17.7. The standard InChI is InChI=1S/C21H27NO3.ClH/c1-17-2-4-18(5-3-17)16-19-10-12-22(24,13-11-19)14-15-25-21-8-6-20(23)7-9-21;/h2-9,19,24H,10-16H2,1H3;1H/p+1. The zero-order valence-electron chi connectivity index (χ0n) is 15.3. The van der Waals surface area contributed by atoms with Gasteiger partial charge < -0.3 is 9.84 Å². The molecule has 0 saturated carbocycles. The van der Waals surface area contributed by atoms with Gasteiger partial charge in [-0.3, -0.25) is 0 Å². The highest BCUT2D eigenvalue weighted by atomic mass is 35.5. The zero-order valence-corrected chi connectivity index (χ0v) is 16.1. The number of hydroxylamine groups is 3. The Morgan fingerprint density at radius 2 is 1.62 bits per heavy atom. The van der Waals surface area contributed by atoms with Gasteiger partial charge in [0, 0.05) is 12.8 Å². The fourth-order valence-corrected chi connectivity index (χ4v) is 3.46. The second-order valence-electron chi connectivity index (χ2n) is 7.24. The van der Waals surface area contributed by atoms with E-state index in [9.17, 15) is 10.3 Å². The fraction of sp³-hybridized carbons (Fsp3) is 0.429. The van der Waals surface area contributed by atoms with E-state index in [1.807, 2.05) is 0 Å². The second-order valence-corrected chi connectivity index (χ2v) is 7.24. The number of nitrogens with zero attached hydrogens (tertiary/aromatic N) is 1. The summed E-state index contributed by atoms with van der Waals surface area (Å²) in [6.07, 6.45) is 3.19. The van der Waals surface area contributed by atoms with Gasteiger partial charge in [-0.2, -0.15) is 4.65 Å². The van der Waals surface area contributed by atoms with Crippen LogP contribution in [0.1, 0.15) is 24.0 Å². The Kier molecular flexibility index (Phi) is 7.33. The number of rotatable bonds is 6. The summed E-state index contributed by atoms with van der Waals surface area (Å²) in [4.78, 5) is 0. The van der Waals surface area contributed by atoms with E-state index in [4.69, 9.17) is 4.74 Å². The van der Waals surface area contributed by atoms with Crippen LogP contribution >= 0.6 is 12.4 Å². The predicted octanol–water partition coefficient (Wildman–Crippen LogP) is 4.36. The average molecular weight is 379 g/mol. The molecule has 2 N–H and O–H groups in total. The Bertz CT molecular complexity index is 665. The summed E-state index contributed by atoms with van der Waals surface area (Å²) in [5.41, 5.74) is 2.69. The molecule has 0 bridgehead atoms. The number of aryl methyl sites for hydroxylation is 1. The molecule has 0 aliphatic carbocycles. The molecule has 2 aromatic rings. The first kappa shape index (κ1) is 20.6. The van der Waals surface area contributed by atoms with E-state index in [-0.39, 0.29) is 22.8 Å². The van der Waals surface area contributed by atoms with Crippen LogP contribution in [-0.4, -0.2) is 41.2 Å². The third-order valence-electron chi connectivity index (χ3n) is 5.17. The van der Waals surface area contributed by atoms with Crippen molar-refractivity contribution in [3.63, 3.8) is 0 Å². The number of piperidine rings is 1. The van der Waals surface area contributed by atoms with Crippen LogP contribution in [-0.2, 0) is 6.42 Å². The molecular formula is C21H29ClNO3+. The minimum absolute atomic E-state index is 0. The third kappa shape index (κ3) is 5.90. The van der Waals surface area contributed by atoms with Gasteiger partial charge in [0.15, 0.2) is 0 Å². The van der Waals surface area contributed by atoms with Gasteiger partial charge in [-0.05, 0) is 49.1 Å². The van der Waals surface area contributed by atoms with Crippen molar-refractivity contribution >= 4 is 12.4 Å². The smallest absolute Gasteiger partial charge is 0.143 e. The van der Waals surface area contributed by atoms with Crippen LogP contribution in [0.15, 0.2) is 48.5 Å². The van der Waals surface area contributed by atoms with Gasteiger partial charge in [0.25, 0.3) is 0 Å². The number of likely N-dealkylation sites (tertiary alicyclic amines) is 1. The van der Waals surface area contributed by atoms with Crippen LogP contribution in [0.3, 0.4) is 0 Å². The van der Waals surface area contributed by atoms with Gasteiger partial charge in [0.1, 0.15) is 37.7 Å². The Hall–Kier alpha value is -1.75. The summed E-state index contributed by atoms with van der Waals surface area (Å²) in [6, 6.07) is 15.5. The van der Waals surface area contributed by atoms with Gasteiger partial charge in [-0.1, -0.05) is 29.8 Å². The van der Waals surface area contributed by atoms with Crippen LogP contribution in [0.5, 0.6) is 11.5 Å². The van der Waals surface area contributed by atoms with E-state index >= 15 is 0 Å². The summed E-state index contributed by atoms with van der Waals surface area (Å²) in [6.45, 7) is 4.76. The molecular weight excluding hydrogens is 350 g/mol. The number of phenols is 1. The number of aromatic hydroxyl groups is 1. The number of ether oxygens (including phenoxy) is 1. The highest BCUT2D eigenvalue weighted by molar-refractivity contribution is 5.85. The van der Waals surface area contributed by atoms with Gasteiger partial charge >= 0.3 is 0 Å². The molecule has 5 heteroatoms. The van der Waals surface area contributed by atoms with Gasteiger partial charge in [0.05, 0.1) is 0 Å². The molecule has 2 aromatic carbocycles. The Morgan fingerprint density at radius 1 is 1.00 bits per heavy atom. The lowest BCUT2D eigenvalue weighted by Crippen LogP contribution is -2.52. The number of benzene rings is 2. The summed E-state index contributed by atoms with van der Waals surface area (Å²) in [5.74, 6) is 1.60. The molecule has 3 rings (SSSR count). The molecule has 1 aliphatic heterocycles. The van der Waals surface area contributed by atoms with Crippen molar-refractivity contribution in [2.75, 3.05) is 26.2 Å². The molecule has 1 aliphatic rings. The summed E-state index contributed by atoms with van der Waals surface area (Å²) < 4.78 is 5.78.